The van der Waals surface area contributed by atoms with E-state index in [9.17, 15) is 4.79 Å². The van der Waals surface area contributed by atoms with Crippen molar-refractivity contribution in [3.63, 3.8) is 0 Å². The van der Waals surface area contributed by atoms with Gasteiger partial charge in [0.15, 0.2) is 0 Å². The highest BCUT2D eigenvalue weighted by molar-refractivity contribution is 5.80. The molecule has 2 heteroatoms. The van der Waals surface area contributed by atoms with E-state index in [4.69, 9.17) is 4.42 Å². The molecule has 0 radical (unpaired) electrons. The van der Waals surface area contributed by atoms with Crippen molar-refractivity contribution in [2.45, 2.75) is 13.8 Å². The van der Waals surface area contributed by atoms with Gasteiger partial charge in [-0.3, -0.25) is 0 Å². The van der Waals surface area contributed by atoms with Gasteiger partial charge in [-0.1, -0.05) is 11.6 Å². The summed E-state index contributed by atoms with van der Waals surface area (Å²) in [6, 6.07) is 7.25. The second kappa shape index (κ2) is 2.73. The quantitative estimate of drug-likeness (QED) is 0.574. The third-order valence-electron chi connectivity index (χ3n) is 2.05. The smallest absolute Gasteiger partial charge is 0.336 e. The number of hydrogen-bond donors (Lipinski definition) is 0. The molecule has 1 aromatic carbocycles. The highest BCUT2D eigenvalue weighted by atomic mass is 16.4. The lowest BCUT2D eigenvalue weighted by molar-refractivity contribution is 0.558. The zero-order valence-electron chi connectivity index (χ0n) is 7.63. The lowest BCUT2D eigenvalue weighted by Gasteiger charge is -2.01. The first kappa shape index (κ1) is 8.05. The molecule has 2 rings (SSSR count). The summed E-state index contributed by atoms with van der Waals surface area (Å²) in [6.07, 6.45) is 0. The Balaban J connectivity index is 2.95. The maximum Gasteiger partial charge on any atom is 0.336 e. The molecule has 0 aliphatic heterocycles. The minimum absolute atomic E-state index is 0.292. The van der Waals surface area contributed by atoms with Crippen molar-refractivity contribution in [1.82, 2.24) is 0 Å². The van der Waals surface area contributed by atoms with E-state index in [1.807, 2.05) is 26.0 Å². The molecule has 0 amide bonds. The van der Waals surface area contributed by atoms with E-state index < -0.39 is 0 Å². The lowest BCUT2D eigenvalue weighted by Crippen LogP contribution is -1.95. The molecule has 0 saturated heterocycles. The van der Waals surface area contributed by atoms with Gasteiger partial charge in [-0.25, -0.2) is 4.79 Å². The maximum absolute atomic E-state index is 11.0. The molecule has 1 aromatic heterocycles. The first-order valence-corrected chi connectivity index (χ1v) is 4.18. The molecular formula is C11H10O2. The topological polar surface area (TPSA) is 30.2 Å². The van der Waals surface area contributed by atoms with Crippen LogP contribution in [0.3, 0.4) is 0 Å². The fourth-order valence-corrected chi connectivity index (χ4v) is 1.54. The van der Waals surface area contributed by atoms with Crippen LogP contribution in [0.25, 0.3) is 11.0 Å². The van der Waals surface area contributed by atoms with Gasteiger partial charge in [0, 0.05) is 11.5 Å². The molecule has 0 N–H and O–H groups in total. The molecule has 0 atom stereocenters. The van der Waals surface area contributed by atoms with Crippen LogP contribution in [0, 0.1) is 13.8 Å². The minimum atomic E-state index is -0.292. The van der Waals surface area contributed by atoms with Gasteiger partial charge >= 0.3 is 5.63 Å². The van der Waals surface area contributed by atoms with E-state index in [2.05, 4.69) is 0 Å². The molecular weight excluding hydrogens is 164 g/mol. The van der Waals surface area contributed by atoms with Crippen molar-refractivity contribution in [2.75, 3.05) is 0 Å². The van der Waals surface area contributed by atoms with Crippen molar-refractivity contribution < 1.29 is 4.42 Å². The average Bonchev–Trinajstić information content (AvgIpc) is 2.06. The third-order valence-corrected chi connectivity index (χ3v) is 2.05. The summed E-state index contributed by atoms with van der Waals surface area (Å²) in [7, 11) is 0. The zero-order valence-corrected chi connectivity index (χ0v) is 7.63. The molecule has 0 spiro atoms. The van der Waals surface area contributed by atoms with Gasteiger partial charge in [0.25, 0.3) is 0 Å². The average molecular weight is 174 g/mol. The molecule has 0 bridgehead atoms. The Morgan fingerprint density at radius 3 is 2.69 bits per heavy atom. The number of fused-ring (bicyclic) bond motifs is 1. The minimum Gasteiger partial charge on any atom is -0.422 e. The number of benzene rings is 1. The second-order valence-electron chi connectivity index (χ2n) is 3.25. The Hall–Kier alpha value is -1.57. The monoisotopic (exact) mass is 174 g/mol. The highest BCUT2D eigenvalue weighted by Crippen LogP contribution is 2.18. The summed E-state index contributed by atoms with van der Waals surface area (Å²) in [4.78, 5) is 11.0. The van der Waals surface area contributed by atoms with Crippen LogP contribution < -0.4 is 5.63 Å². The lowest BCUT2D eigenvalue weighted by atomic mass is 10.1. The van der Waals surface area contributed by atoms with E-state index in [1.54, 1.807) is 6.07 Å². The van der Waals surface area contributed by atoms with Crippen LogP contribution in [0.4, 0.5) is 0 Å². The van der Waals surface area contributed by atoms with Gasteiger partial charge in [-0.05, 0) is 31.5 Å². The molecule has 0 saturated carbocycles. The SMILES string of the molecule is Cc1cc(C)c2oc(=O)ccc2c1. The Morgan fingerprint density at radius 2 is 1.92 bits per heavy atom. The number of aryl methyl sites for hydroxylation is 2. The summed E-state index contributed by atoms with van der Waals surface area (Å²) in [6.45, 7) is 3.97. The van der Waals surface area contributed by atoms with Crippen LogP contribution >= 0.6 is 0 Å². The van der Waals surface area contributed by atoms with Gasteiger partial charge in [0.2, 0.25) is 0 Å². The molecule has 66 valence electrons. The van der Waals surface area contributed by atoms with E-state index in [0.29, 0.717) is 5.58 Å². The number of rotatable bonds is 0. The first-order valence-electron chi connectivity index (χ1n) is 4.18. The van der Waals surface area contributed by atoms with Crippen molar-refractivity contribution in [3.8, 4) is 0 Å². The third kappa shape index (κ3) is 1.35. The molecule has 0 aliphatic carbocycles. The number of hydrogen-bond acceptors (Lipinski definition) is 2. The van der Waals surface area contributed by atoms with Gasteiger partial charge in [-0.15, -0.1) is 0 Å². The summed E-state index contributed by atoms with van der Waals surface area (Å²) in [5, 5.41) is 0.983. The largest absolute Gasteiger partial charge is 0.422 e. The van der Waals surface area contributed by atoms with Gasteiger partial charge < -0.3 is 4.42 Å². The van der Waals surface area contributed by atoms with Crippen molar-refractivity contribution in [1.29, 1.82) is 0 Å². The van der Waals surface area contributed by atoms with Gasteiger partial charge in [0.05, 0.1) is 0 Å². The van der Waals surface area contributed by atoms with Crippen molar-refractivity contribution in [2.24, 2.45) is 0 Å². The summed E-state index contributed by atoms with van der Waals surface area (Å²) in [5.74, 6) is 0. The maximum atomic E-state index is 11.0. The Morgan fingerprint density at radius 1 is 1.15 bits per heavy atom. The predicted octanol–water partition coefficient (Wildman–Crippen LogP) is 2.41. The molecule has 0 fully saturated rings. The fraction of sp³-hybridized carbons (Fsp3) is 0.182. The summed E-state index contributed by atoms with van der Waals surface area (Å²) >= 11 is 0. The molecule has 13 heavy (non-hydrogen) atoms. The first-order chi connectivity index (χ1) is 6.16. The molecule has 0 unspecified atom stereocenters. The van der Waals surface area contributed by atoms with Crippen LogP contribution in [-0.2, 0) is 0 Å². The van der Waals surface area contributed by atoms with Crippen LogP contribution in [0.15, 0.2) is 33.5 Å². The van der Waals surface area contributed by atoms with Crippen LogP contribution in [0.5, 0.6) is 0 Å². The highest BCUT2D eigenvalue weighted by Gasteiger charge is 2.00. The van der Waals surface area contributed by atoms with Gasteiger partial charge in [0.1, 0.15) is 5.58 Å². The molecule has 0 aliphatic rings. The van der Waals surface area contributed by atoms with Crippen LogP contribution in [0.2, 0.25) is 0 Å². The Bertz CT molecular complexity index is 509. The second-order valence-corrected chi connectivity index (χ2v) is 3.25. The standard InChI is InChI=1S/C11H10O2/c1-7-5-8(2)11-9(6-7)3-4-10(12)13-11/h3-6H,1-2H3. The van der Waals surface area contributed by atoms with E-state index in [1.165, 1.54) is 11.6 Å². The fourth-order valence-electron chi connectivity index (χ4n) is 1.54. The van der Waals surface area contributed by atoms with Gasteiger partial charge in [-0.2, -0.15) is 0 Å². The van der Waals surface area contributed by atoms with Crippen LogP contribution in [0.1, 0.15) is 11.1 Å². The van der Waals surface area contributed by atoms with Crippen molar-refractivity contribution >= 4 is 11.0 Å². The van der Waals surface area contributed by atoms with E-state index >= 15 is 0 Å². The summed E-state index contributed by atoms with van der Waals surface area (Å²) in [5.41, 5.74) is 2.59. The molecule has 2 nitrogen and oxygen atoms in total. The Kier molecular flexibility index (Phi) is 1.69. The van der Waals surface area contributed by atoms with E-state index in [0.717, 1.165) is 10.9 Å². The normalized spacial score (nSPS) is 10.6. The van der Waals surface area contributed by atoms with Crippen LogP contribution in [-0.4, -0.2) is 0 Å². The molecule has 2 aromatic rings. The van der Waals surface area contributed by atoms with E-state index in [-0.39, 0.29) is 5.63 Å². The van der Waals surface area contributed by atoms with Crippen molar-refractivity contribution in [3.05, 3.63) is 45.8 Å². The molecule has 1 heterocycles. The summed E-state index contributed by atoms with van der Waals surface area (Å²) < 4.78 is 5.09. The zero-order chi connectivity index (χ0) is 9.42. The Labute approximate surface area is 75.8 Å². The predicted molar refractivity (Wildman–Crippen MR) is 52.0 cm³/mol.